The van der Waals surface area contributed by atoms with Crippen molar-refractivity contribution in [3.63, 3.8) is 0 Å². The number of alkyl carbamates (subject to hydrolysis) is 1. The van der Waals surface area contributed by atoms with Crippen molar-refractivity contribution in [2.75, 3.05) is 12.8 Å². The number of nitrogen functional groups attached to an aromatic ring is 1. The van der Waals surface area contributed by atoms with E-state index in [1.807, 2.05) is 5.32 Å². The minimum atomic E-state index is -1.32. The van der Waals surface area contributed by atoms with Crippen molar-refractivity contribution >= 4 is 58.5 Å². The van der Waals surface area contributed by atoms with Crippen LogP contribution in [0.5, 0.6) is 0 Å². The second kappa shape index (κ2) is 7.48. The van der Waals surface area contributed by atoms with Gasteiger partial charge in [-0.15, -0.1) is 0 Å². The van der Waals surface area contributed by atoms with Crippen molar-refractivity contribution in [2.45, 2.75) is 13.0 Å². The van der Waals surface area contributed by atoms with E-state index in [1.165, 1.54) is 6.92 Å². The largest absolute Gasteiger partial charge is 0.453 e. The Bertz CT molecular complexity index is 638. The molecule has 1 aromatic rings. The molecule has 11 heteroatoms. The van der Waals surface area contributed by atoms with Gasteiger partial charge in [-0.05, 0) is 6.92 Å². The van der Waals surface area contributed by atoms with Gasteiger partial charge in [-0.2, -0.15) is 0 Å². The first-order valence-electron chi connectivity index (χ1n) is 5.58. The summed E-state index contributed by atoms with van der Waals surface area (Å²) in [4.78, 5) is 38.0. The van der Waals surface area contributed by atoms with Gasteiger partial charge in [-0.1, -0.05) is 34.8 Å². The zero-order chi connectivity index (χ0) is 17.0. The fourth-order valence-corrected chi connectivity index (χ4v) is 1.78. The number of methoxy groups -OCH3 is 1. The topological polar surface area (TPSA) is 121 Å². The Labute approximate surface area is 139 Å². The smallest absolute Gasteiger partial charge is 0.413 e. The minimum absolute atomic E-state index is 0.111. The number of pyridine rings is 1. The Morgan fingerprint density at radius 2 is 1.82 bits per heavy atom. The predicted molar refractivity (Wildman–Crippen MR) is 79.1 cm³/mol. The molecule has 2 amide bonds. The standard InChI is InChI=1S/C11H10Cl3N3O5/c1-3(9(18)17-11(20)21-2)22-10(19)7-4(12)6(15)5(13)8(14)16-7/h3H,1-2H3,(H2,15,16)(H,17,18,20)/t3-/m1/s1. The van der Waals surface area contributed by atoms with Crippen molar-refractivity contribution in [3.05, 3.63) is 20.9 Å². The highest BCUT2D eigenvalue weighted by Gasteiger charge is 2.25. The van der Waals surface area contributed by atoms with Crippen LogP contribution in [0.4, 0.5) is 10.5 Å². The second-order valence-corrected chi connectivity index (χ2v) is 4.94. The van der Waals surface area contributed by atoms with Gasteiger partial charge >= 0.3 is 12.1 Å². The summed E-state index contributed by atoms with van der Waals surface area (Å²) < 4.78 is 9.04. The fourth-order valence-electron chi connectivity index (χ4n) is 1.19. The van der Waals surface area contributed by atoms with Gasteiger partial charge in [-0.25, -0.2) is 14.6 Å². The number of anilines is 1. The van der Waals surface area contributed by atoms with Crippen molar-refractivity contribution in [1.82, 2.24) is 10.3 Å². The van der Waals surface area contributed by atoms with Gasteiger partial charge in [0.2, 0.25) is 0 Å². The van der Waals surface area contributed by atoms with Gasteiger partial charge in [0.1, 0.15) is 5.02 Å². The molecule has 0 aliphatic carbocycles. The van der Waals surface area contributed by atoms with E-state index < -0.39 is 29.8 Å². The van der Waals surface area contributed by atoms with E-state index in [0.29, 0.717) is 0 Å². The quantitative estimate of drug-likeness (QED) is 0.617. The van der Waals surface area contributed by atoms with Crippen LogP contribution in [0, 0.1) is 0 Å². The van der Waals surface area contributed by atoms with Crippen LogP contribution in [-0.4, -0.2) is 36.2 Å². The Morgan fingerprint density at radius 3 is 2.36 bits per heavy atom. The molecular formula is C11H10Cl3N3O5. The highest BCUT2D eigenvalue weighted by Crippen LogP contribution is 2.34. The normalized spacial score (nSPS) is 11.5. The second-order valence-electron chi connectivity index (χ2n) is 3.82. The molecule has 120 valence electrons. The minimum Gasteiger partial charge on any atom is -0.453 e. The number of carbonyl (C=O) groups excluding carboxylic acids is 3. The summed E-state index contributed by atoms with van der Waals surface area (Å²) in [6, 6.07) is 0. The zero-order valence-electron chi connectivity index (χ0n) is 11.3. The number of halogens is 3. The molecule has 0 fully saturated rings. The van der Waals surface area contributed by atoms with E-state index in [2.05, 4.69) is 9.72 Å². The average Bonchev–Trinajstić information content (AvgIpc) is 2.48. The summed E-state index contributed by atoms with van der Waals surface area (Å²) in [5, 5.41) is 1.21. The number of amides is 2. The van der Waals surface area contributed by atoms with Crippen molar-refractivity contribution in [1.29, 1.82) is 0 Å². The maximum absolute atomic E-state index is 11.9. The highest BCUT2D eigenvalue weighted by atomic mass is 35.5. The average molecular weight is 371 g/mol. The van der Waals surface area contributed by atoms with Gasteiger partial charge in [0.25, 0.3) is 5.91 Å². The number of nitrogens with two attached hydrogens (primary N) is 1. The van der Waals surface area contributed by atoms with E-state index in [9.17, 15) is 14.4 Å². The van der Waals surface area contributed by atoms with Gasteiger partial charge in [0, 0.05) is 0 Å². The number of nitrogens with one attached hydrogen (secondary N) is 1. The summed E-state index contributed by atoms with van der Waals surface area (Å²) in [5.74, 6) is -1.97. The first-order chi connectivity index (χ1) is 10.2. The molecule has 0 saturated heterocycles. The summed E-state index contributed by atoms with van der Waals surface area (Å²) in [7, 11) is 1.07. The van der Waals surface area contributed by atoms with Crippen LogP contribution in [0.3, 0.4) is 0 Å². The van der Waals surface area contributed by atoms with Gasteiger partial charge < -0.3 is 15.2 Å². The Morgan fingerprint density at radius 1 is 1.23 bits per heavy atom. The summed E-state index contributed by atoms with van der Waals surface area (Å²) in [5.41, 5.74) is 5.00. The third-order valence-electron chi connectivity index (χ3n) is 2.33. The highest BCUT2D eigenvalue weighted by molar-refractivity contribution is 6.46. The number of esters is 1. The third kappa shape index (κ3) is 4.12. The lowest BCUT2D eigenvalue weighted by atomic mass is 10.3. The van der Waals surface area contributed by atoms with Crippen LogP contribution in [0.1, 0.15) is 17.4 Å². The molecule has 3 N–H and O–H groups in total. The van der Waals surface area contributed by atoms with E-state index >= 15 is 0 Å². The lowest BCUT2D eigenvalue weighted by molar-refractivity contribution is -0.128. The molecule has 0 unspecified atom stereocenters. The number of hydrogen-bond donors (Lipinski definition) is 2. The maximum atomic E-state index is 11.9. The number of hydrogen-bond acceptors (Lipinski definition) is 7. The van der Waals surface area contributed by atoms with E-state index in [-0.39, 0.29) is 20.9 Å². The Kier molecular flexibility index (Phi) is 6.21. The number of nitrogens with zero attached hydrogens (tertiary/aromatic N) is 1. The first-order valence-corrected chi connectivity index (χ1v) is 6.72. The van der Waals surface area contributed by atoms with Gasteiger partial charge in [0.05, 0.1) is 17.8 Å². The molecule has 0 aliphatic heterocycles. The summed E-state index contributed by atoms with van der Waals surface area (Å²) in [6.45, 7) is 1.23. The SMILES string of the molecule is COC(=O)NC(=O)[C@@H](C)OC(=O)c1nc(Cl)c(Cl)c(N)c1Cl. The molecule has 1 rings (SSSR count). The molecule has 1 aromatic heterocycles. The van der Waals surface area contributed by atoms with Crippen LogP contribution in [0.15, 0.2) is 0 Å². The Balaban J connectivity index is 2.90. The number of ether oxygens (including phenoxy) is 2. The lowest BCUT2D eigenvalue weighted by Crippen LogP contribution is -2.39. The van der Waals surface area contributed by atoms with Crippen molar-refractivity contribution in [2.24, 2.45) is 0 Å². The number of rotatable bonds is 3. The van der Waals surface area contributed by atoms with Crippen molar-refractivity contribution in [3.8, 4) is 0 Å². The lowest BCUT2D eigenvalue weighted by Gasteiger charge is -2.13. The molecule has 8 nitrogen and oxygen atoms in total. The van der Waals surface area contributed by atoms with Crippen LogP contribution in [0.2, 0.25) is 15.2 Å². The zero-order valence-corrected chi connectivity index (χ0v) is 13.5. The Hall–Kier alpha value is -1.77. The molecule has 0 bridgehead atoms. The molecular weight excluding hydrogens is 360 g/mol. The van der Waals surface area contributed by atoms with Crippen LogP contribution < -0.4 is 11.1 Å². The number of imide groups is 1. The molecule has 0 saturated carbocycles. The molecule has 1 heterocycles. The molecule has 0 spiro atoms. The molecule has 0 aromatic carbocycles. The molecule has 0 radical (unpaired) electrons. The van der Waals surface area contributed by atoms with Gasteiger partial charge in [-0.3, -0.25) is 10.1 Å². The fraction of sp³-hybridized carbons (Fsp3) is 0.273. The summed E-state index contributed by atoms with van der Waals surface area (Å²) in [6.07, 6.45) is -2.32. The van der Waals surface area contributed by atoms with Crippen LogP contribution >= 0.6 is 34.8 Å². The van der Waals surface area contributed by atoms with Gasteiger partial charge in [0.15, 0.2) is 17.0 Å². The van der Waals surface area contributed by atoms with Crippen LogP contribution in [-0.2, 0) is 14.3 Å². The monoisotopic (exact) mass is 369 g/mol. The summed E-state index contributed by atoms with van der Waals surface area (Å²) >= 11 is 17.2. The van der Waals surface area contributed by atoms with E-state index in [1.54, 1.807) is 0 Å². The predicted octanol–water partition coefficient (Wildman–Crippen LogP) is 2.05. The van der Waals surface area contributed by atoms with E-state index in [4.69, 9.17) is 45.3 Å². The van der Waals surface area contributed by atoms with E-state index in [0.717, 1.165) is 7.11 Å². The third-order valence-corrected chi connectivity index (χ3v) is 3.46. The van der Waals surface area contributed by atoms with Crippen molar-refractivity contribution < 1.29 is 23.9 Å². The molecule has 1 atom stereocenters. The first kappa shape index (κ1) is 18.3. The van der Waals surface area contributed by atoms with Crippen LogP contribution in [0.25, 0.3) is 0 Å². The number of aromatic nitrogens is 1. The molecule has 22 heavy (non-hydrogen) atoms. The maximum Gasteiger partial charge on any atom is 0.413 e. The number of carbonyl (C=O) groups is 3. The molecule has 0 aliphatic rings.